The molecule has 2 aromatic rings. The molecule has 0 bridgehead atoms. The van der Waals surface area contributed by atoms with Crippen LogP contribution in [0.4, 0.5) is 0 Å². The Kier molecular flexibility index (Phi) is 4.12. The van der Waals surface area contributed by atoms with Crippen LogP contribution in [0.5, 0.6) is 0 Å². The number of piperazine rings is 1. The van der Waals surface area contributed by atoms with Crippen molar-refractivity contribution in [3.8, 4) is 0 Å². The molecule has 112 valence electrons. The SMILES string of the molecule is CCOC(=O)C1CNCCN1Cc1cn2cccnc2n1. The molecule has 3 heterocycles. The molecule has 0 saturated carbocycles. The molecule has 7 nitrogen and oxygen atoms in total. The lowest BCUT2D eigenvalue weighted by Crippen LogP contribution is -2.54. The average Bonchev–Trinajstić information content (AvgIpc) is 2.90. The Morgan fingerprint density at radius 1 is 1.57 bits per heavy atom. The van der Waals surface area contributed by atoms with Gasteiger partial charge in [-0.1, -0.05) is 0 Å². The number of carbonyl (C=O) groups excluding carboxylic acids is 1. The predicted octanol–water partition coefficient (Wildman–Crippen LogP) is 0.0662. The van der Waals surface area contributed by atoms with E-state index < -0.39 is 0 Å². The fraction of sp³-hybridized carbons (Fsp3) is 0.500. The molecule has 1 atom stereocenters. The first-order valence-corrected chi connectivity index (χ1v) is 7.18. The first-order valence-electron chi connectivity index (χ1n) is 7.18. The topological polar surface area (TPSA) is 71.8 Å². The van der Waals surface area contributed by atoms with Crippen molar-refractivity contribution in [2.24, 2.45) is 0 Å². The normalized spacial score (nSPS) is 19.8. The number of fused-ring (bicyclic) bond motifs is 1. The number of ether oxygens (including phenoxy) is 1. The van der Waals surface area contributed by atoms with Crippen LogP contribution in [0.25, 0.3) is 5.78 Å². The summed E-state index contributed by atoms with van der Waals surface area (Å²) in [6.45, 7) is 5.12. The first kappa shape index (κ1) is 14.0. The van der Waals surface area contributed by atoms with Gasteiger partial charge < -0.3 is 10.1 Å². The van der Waals surface area contributed by atoms with Gasteiger partial charge in [0.1, 0.15) is 6.04 Å². The van der Waals surface area contributed by atoms with E-state index >= 15 is 0 Å². The maximum absolute atomic E-state index is 12.0. The summed E-state index contributed by atoms with van der Waals surface area (Å²) in [4.78, 5) is 22.8. The molecule has 0 aliphatic carbocycles. The molecule has 0 aromatic carbocycles. The van der Waals surface area contributed by atoms with Crippen molar-refractivity contribution in [3.05, 3.63) is 30.4 Å². The standard InChI is InChI=1S/C14H19N5O2/c1-2-21-13(20)12-8-15-5-7-18(12)9-11-10-19-6-3-4-16-14(19)17-11/h3-4,6,10,12,15H,2,5,7-9H2,1H3. The van der Waals surface area contributed by atoms with Crippen LogP contribution >= 0.6 is 0 Å². The molecule has 1 aliphatic heterocycles. The third-order valence-corrected chi connectivity index (χ3v) is 3.56. The lowest BCUT2D eigenvalue weighted by atomic mass is 10.2. The summed E-state index contributed by atoms with van der Waals surface area (Å²) in [5.41, 5.74) is 0.907. The van der Waals surface area contributed by atoms with Crippen molar-refractivity contribution < 1.29 is 9.53 Å². The van der Waals surface area contributed by atoms with Crippen molar-refractivity contribution >= 4 is 11.7 Å². The summed E-state index contributed by atoms with van der Waals surface area (Å²) in [5.74, 6) is 0.502. The number of carbonyl (C=O) groups is 1. The zero-order valence-corrected chi connectivity index (χ0v) is 12.0. The van der Waals surface area contributed by atoms with Gasteiger partial charge in [0.15, 0.2) is 0 Å². The van der Waals surface area contributed by atoms with E-state index in [1.807, 2.05) is 29.8 Å². The monoisotopic (exact) mass is 289 g/mol. The summed E-state index contributed by atoms with van der Waals surface area (Å²) < 4.78 is 7.04. The van der Waals surface area contributed by atoms with Gasteiger partial charge in [0.05, 0.1) is 12.3 Å². The molecular formula is C14H19N5O2. The average molecular weight is 289 g/mol. The summed E-state index contributed by atoms with van der Waals surface area (Å²) in [6.07, 6.45) is 5.59. The second-order valence-corrected chi connectivity index (χ2v) is 5.00. The van der Waals surface area contributed by atoms with Gasteiger partial charge in [-0.3, -0.25) is 14.1 Å². The number of rotatable bonds is 4. The van der Waals surface area contributed by atoms with Gasteiger partial charge in [0, 0.05) is 44.8 Å². The van der Waals surface area contributed by atoms with E-state index in [0.29, 0.717) is 25.5 Å². The smallest absolute Gasteiger partial charge is 0.324 e. The molecular weight excluding hydrogens is 270 g/mol. The molecule has 1 fully saturated rings. The number of nitrogens with one attached hydrogen (secondary N) is 1. The molecule has 7 heteroatoms. The van der Waals surface area contributed by atoms with Crippen LogP contribution < -0.4 is 5.32 Å². The highest BCUT2D eigenvalue weighted by Crippen LogP contribution is 2.11. The molecule has 0 amide bonds. The molecule has 3 rings (SSSR count). The van der Waals surface area contributed by atoms with E-state index in [2.05, 4.69) is 20.2 Å². The van der Waals surface area contributed by atoms with Gasteiger partial charge in [-0.05, 0) is 13.0 Å². The van der Waals surface area contributed by atoms with E-state index in [9.17, 15) is 4.79 Å². The van der Waals surface area contributed by atoms with Gasteiger partial charge in [0.2, 0.25) is 5.78 Å². The van der Waals surface area contributed by atoms with Crippen molar-refractivity contribution in [3.63, 3.8) is 0 Å². The third-order valence-electron chi connectivity index (χ3n) is 3.56. The summed E-state index contributed by atoms with van der Waals surface area (Å²) in [5, 5.41) is 3.24. The molecule has 2 aromatic heterocycles. The number of imidazole rings is 1. The highest BCUT2D eigenvalue weighted by Gasteiger charge is 2.30. The second kappa shape index (κ2) is 6.19. The Balaban J connectivity index is 1.75. The molecule has 0 spiro atoms. The molecule has 1 unspecified atom stereocenters. The van der Waals surface area contributed by atoms with Gasteiger partial charge in [-0.2, -0.15) is 0 Å². The fourth-order valence-electron chi connectivity index (χ4n) is 2.57. The van der Waals surface area contributed by atoms with E-state index in [0.717, 1.165) is 18.8 Å². The highest BCUT2D eigenvalue weighted by atomic mass is 16.5. The number of aromatic nitrogens is 3. The van der Waals surface area contributed by atoms with Gasteiger partial charge in [-0.15, -0.1) is 0 Å². The fourth-order valence-corrected chi connectivity index (χ4v) is 2.57. The second-order valence-electron chi connectivity index (χ2n) is 5.00. The molecule has 0 radical (unpaired) electrons. The lowest BCUT2D eigenvalue weighted by molar-refractivity contribution is -0.150. The van der Waals surface area contributed by atoms with Crippen LogP contribution in [0.3, 0.4) is 0 Å². The Hall–Kier alpha value is -1.99. The van der Waals surface area contributed by atoms with E-state index in [1.165, 1.54) is 0 Å². The van der Waals surface area contributed by atoms with Crippen LogP contribution in [-0.2, 0) is 16.1 Å². The van der Waals surface area contributed by atoms with Crippen molar-refractivity contribution in [1.82, 2.24) is 24.6 Å². The minimum atomic E-state index is -0.253. The summed E-state index contributed by atoms with van der Waals surface area (Å²) in [6, 6.07) is 1.61. The summed E-state index contributed by atoms with van der Waals surface area (Å²) >= 11 is 0. The zero-order chi connectivity index (χ0) is 14.7. The number of hydrogen-bond donors (Lipinski definition) is 1. The van der Waals surface area contributed by atoms with Crippen molar-refractivity contribution in [2.75, 3.05) is 26.2 Å². The number of esters is 1. The van der Waals surface area contributed by atoms with Gasteiger partial charge in [-0.25, -0.2) is 9.97 Å². The lowest BCUT2D eigenvalue weighted by Gasteiger charge is -2.33. The molecule has 1 N–H and O–H groups in total. The Bertz CT molecular complexity index is 594. The van der Waals surface area contributed by atoms with Crippen LogP contribution in [0, 0.1) is 0 Å². The van der Waals surface area contributed by atoms with Crippen LogP contribution in [0.2, 0.25) is 0 Å². The molecule has 1 aliphatic rings. The maximum atomic E-state index is 12.0. The Morgan fingerprint density at radius 2 is 2.48 bits per heavy atom. The van der Waals surface area contributed by atoms with Crippen LogP contribution in [0.15, 0.2) is 24.7 Å². The maximum Gasteiger partial charge on any atom is 0.324 e. The van der Waals surface area contributed by atoms with E-state index in [4.69, 9.17) is 4.74 Å². The van der Waals surface area contributed by atoms with E-state index in [-0.39, 0.29) is 12.0 Å². The van der Waals surface area contributed by atoms with Crippen molar-refractivity contribution in [1.29, 1.82) is 0 Å². The summed E-state index contributed by atoms with van der Waals surface area (Å²) in [7, 11) is 0. The molecule has 1 saturated heterocycles. The van der Waals surface area contributed by atoms with Crippen molar-refractivity contribution in [2.45, 2.75) is 19.5 Å². The van der Waals surface area contributed by atoms with Crippen LogP contribution in [0.1, 0.15) is 12.6 Å². The quantitative estimate of drug-likeness (QED) is 0.803. The van der Waals surface area contributed by atoms with Crippen LogP contribution in [-0.4, -0.2) is 57.5 Å². The number of nitrogens with zero attached hydrogens (tertiary/aromatic N) is 4. The minimum absolute atomic E-state index is 0.174. The zero-order valence-electron chi connectivity index (χ0n) is 12.0. The third kappa shape index (κ3) is 3.03. The Labute approximate surface area is 122 Å². The molecule has 21 heavy (non-hydrogen) atoms. The highest BCUT2D eigenvalue weighted by molar-refractivity contribution is 5.76. The first-order chi connectivity index (χ1) is 10.3. The predicted molar refractivity (Wildman–Crippen MR) is 76.7 cm³/mol. The van der Waals surface area contributed by atoms with E-state index in [1.54, 1.807) is 6.20 Å². The number of hydrogen-bond acceptors (Lipinski definition) is 6. The minimum Gasteiger partial charge on any atom is -0.465 e. The Morgan fingerprint density at radius 3 is 3.29 bits per heavy atom. The van der Waals surface area contributed by atoms with Gasteiger partial charge >= 0.3 is 5.97 Å². The van der Waals surface area contributed by atoms with Gasteiger partial charge in [0.25, 0.3) is 0 Å². The largest absolute Gasteiger partial charge is 0.465 e.